The number of aromatic nitrogens is 4. The molecular weight excluding hydrogens is 376 g/mol. The number of methoxy groups -OCH3 is 1. The Kier molecular flexibility index (Phi) is 5.90. The third-order valence-electron chi connectivity index (χ3n) is 5.74. The number of likely N-dealkylation sites (tertiary alicyclic amines) is 1. The third-order valence-corrected chi connectivity index (χ3v) is 5.74. The van der Waals surface area contributed by atoms with Crippen LogP contribution in [0.5, 0.6) is 5.75 Å². The normalized spacial score (nSPS) is 16.5. The molecule has 1 aliphatic heterocycles. The molecule has 7 nitrogen and oxygen atoms in total. The molecule has 1 unspecified atom stereocenters. The average molecular weight is 409 g/mol. The van der Waals surface area contributed by atoms with Gasteiger partial charge in [-0.05, 0) is 55.8 Å². The fraction of sp³-hybridized carbons (Fsp3) is 0.522. The second-order valence-electron chi connectivity index (χ2n) is 9.03. The van der Waals surface area contributed by atoms with Crippen molar-refractivity contribution < 1.29 is 4.74 Å². The number of fused-ring (bicyclic) bond motifs is 1. The SMILES string of the molecule is COc1ccc(C(CNc2ccc3nnc(C(C)(C)C)n3n2)N2CCCCC2)cc1. The van der Waals surface area contributed by atoms with Crippen LogP contribution in [0, 0.1) is 0 Å². The van der Waals surface area contributed by atoms with Gasteiger partial charge in [0.25, 0.3) is 0 Å². The summed E-state index contributed by atoms with van der Waals surface area (Å²) in [6.45, 7) is 9.43. The van der Waals surface area contributed by atoms with Crippen molar-refractivity contribution in [1.82, 2.24) is 24.7 Å². The van der Waals surface area contributed by atoms with E-state index in [1.165, 1.54) is 24.8 Å². The summed E-state index contributed by atoms with van der Waals surface area (Å²) in [4.78, 5) is 2.58. The zero-order valence-electron chi connectivity index (χ0n) is 18.4. The predicted octanol–water partition coefficient (Wildman–Crippen LogP) is 4.07. The van der Waals surface area contributed by atoms with Gasteiger partial charge in [-0.1, -0.05) is 39.3 Å². The summed E-state index contributed by atoms with van der Waals surface area (Å²) in [6, 6.07) is 12.7. The number of benzene rings is 1. The summed E-state index contributed by atoms with van der Waals surface area (Å²) in [7, 11) is 1.71. The summed E-state index contributed by atoms with van der Waals surface area (Å²) in [5, 5.41) is 17.0. The third kappa shape index (κ3) is 4.41. The van der Waals surface area contributed by atoms with Crippen LogP contribution >= 0.6 is 0 Å². The number of hydrogen-bond acceptors (Lipinski definition) is 6. The molecule has 3 aromatic rings. The summed E-state index contributed by atoms with van der Waals surface area (Å²) in [5.74, 6) is 2.59. The van der Waals surface area contributed by atoms with Gasteiger partial charge < -0.3 is 10.1 Å². The maximum absolute atomic E-state index is 5.34. The molecule has 4 rings (SSSR count). The molecule has 7 heteroatoms. The number of anilines is 1. The summed E-state index contributed by atoms with van der Waals surface area (Å²) in [6.07, 6.45) is 3.83. The standard InChI is InChI=1S/C23H32N6O/c1-23(2,3)22-26-25-21-13-12-20(27-29(21)22)24-16-19(28-14-6-5-7-15-28)17-8-10-18(30-4)11-9-17/h8-13,19H,5-7,14-16H2,1-4H3,(H,24,27). The maximum Gasteiger partial charge on any atom is 0.178 e. The van der Waals surface area contributed by atoms with Crippen LogP contribution in [0.2, 0.25) is 0 Å². The minimum atomic E-state index is -0.121. The Balaban J connectivity index is 1.57. The van der Waals surface area contributed by atoms with E-state index in [-0.39, 0.29) is 11.5 Å². The lowest BCUT2D eigenvalue weighted by molar-refractivity contribution is 0.170. The topological polar surface area (TPSA) is 67.6 Å². The number of nitrogens with one attached hydrogen (secondary N) is 1. The highest BCUT2D eigenvalue weighted by Crippen LogP contribution is 2.27. The molecule has 0 spiro atoms. The van der Waals surface area contributed by atoms with E-state index in [1.807, 2.05) is 28.8 Å². The first-order valence-corrected chi connectivity index (χ1v) is 10.8. The van der Waals surface area contributed by atoms with E-state index < -0.39 is 0 Å². The predicted molar refractivity (Wildman–Crippen MR) is 119 cm³/mol. The Hall–Kier alpha value is -2.67. The quantitative estimate of drug-likeness (QED) is 0.663. The van der Waals surface area contributed by atoms with Gasteiger partial charge >= 0.3 is 0 Å². The van der Waals surface area contributed by atoms with E-state index in [0.717, 1.165) is 42.7 Å². The molecule has 1 atom stereocenters. The smallest absolute Gasteiger partial charge is 0.178 e. The van der Waals surface area contributed by atoms with Crippen molar-refractivity contribution in [1.29, 1.82) is 0 Å². The maximum atomic E-state index is 5.34. The molecule has 1 fully saturated rings. The van der Waals surface area contributed by atoms with Crippen molar-refractivity contribution in [3.05, 3.63) is 47.8 Å². The number of piperidine rings is 1. The fourth-order valence-electron chi connectivity index (χ4n) is 4.07. The summed E-state index contributed by atoms with van der Waals surface area (Å²) >= 11 is 0. The number of nitrogens with zero attached hydrogens (tertiary/aromatic N) is 5. The van der Waals surface area contributed by atoms with Gasteiger partial charge in [0.1, 0.15) is 11.6 Å². The molecule has 0 saturated carbocycles. The second-order valence-corrected chi connectivity index (χ2v) is 9.03. The lowest BCUT2D eigenvalue weighted by Gasteiger charge is -2.35. The number of rotatable bonds is 6. The highest BCUT2D eigenvalue weighted by atomic mass is 16.5. The van der Waals surface area contributed by atoms with E-state index in [0.29, 0.717) is 0 Å². The van der Waals surface area contributed by atoms with Gasteiger partial charge in [0, 0.05) is 12.0 Å². The van der Waals surface area contributed by atoms with Gasteiger partial charge in [0.15, 0.2) is 11.5 Å². The summed E-state index contributed by atoms with van der Waals surface area (Å²) in [5.41, 5.74) is 1.95. The molecule has 1 aliphatic rings. The lowest BCUT2D eigenvalue weighted by atomic mass is 9.96. The van der Waals surface area contributed by atoms with Crippen molar-refractivity contribution in [2.45, 2.75) is 51.5 Å². The van der Waals surface area contributed by atoms with Crippen molar-refractivity contribution in [2.75, 3.05) is 32.1 Å². The number of hydrogen-bond donors (Lipinski definition) is 1. The molecule has 2 aromatic heterocycles. The van der Waals surface area contributed by atoms with Crippen LogP contribution in [0.3, 0.4) is 0 Å². The monoisotopic (exact) mass is 408 g/mol. The van der Waals surface area contributed by atoms with E-state index in [4.69, 9.17) is 9.84 Å². The van der Waals surface area contributed by atoms with Gasteiger partial charge in [-0.15, -0.1) is 15.3 Å². The molecule has 30 heavy (non-hydrogen) atoms. The highest BCUT2D eigenvalue weighted by molar-refractivity contribution is 5.45. The first kappa shape index (κ1) is 20.6. The van der Waals surface area contributed by atoms with Crippen LogP contribution in [-0.4, -0.2) is 51.5 Å². The van der Waals surface area contributed by atoms with Crippen LogP contribution in [0.25, 0.3) is 5.65 Å². The first-order valence-electron chi connectivity index (χ1n) is 10.8. The largest absolute Gasteiger partial charge is 0.497 e. The molecule has 3 heterocycles. The molecule has 0 bridgehead atoms. The Morgan fingerprint density at radius 2 is 1.73 bits per heavy atom. The Morgan fingerprint density at radius 1 is 1.00 bits per heavy atom. The van der Waals surface area contributed by atoms with Crippen LogP contribution in [0.15, 0.2) is 36.4 Å². The zero-order valence-corrected chi connectivity index (χ0v) is 18.4. The second kappa shape index (κ2) is 8.60. The molecular formula is C23H32N6O. The highest BCUT2D eigenvalue weighted by Gasteiger charge is 2.24. The minimum absolute atomic E-state index is 0.121. The van der Waals surface area contributed by atoms with Gasteiger partial charge in [0.2, 0.25) is 0 Å². The first-order chi connectivity index (χ1) is 14.5. The Bertz CT molecular complexity index is 970. The summed E-state index contributed by atoms with van der Waals surface area (Å²) < 4.78 is 7.19. The minimum Gasteiger partial charge on any atom is -0.497 e. The molecule has 160 valence electrons. The van der Waals surface area contributed by atoms with Gasteiger partial charge in [0.05, 0.1) is 13.2 Å². The molecule has 0 amide bonds. The zero-order chi connectivity index (χ0) is 21.1. The molecule has 0 radical (unpaired) electrons. The fourth-order valence-corrected chi connectivity index (χ4v) is 4.07. The van der Waals surface area contributed by atoms with Crippen molar-refractivity contribution in [2.24, 2.45) is 0 Å². The van der Waals surface area contributed by atoms with Gasteiger partial charge in [-0.2, -0.15) is 4.52 Å². The molecule has 1 saturated heterocycles. The van der Waals surface area contributed by atoms with E-state index in [1.54, 1.807) is 7.11 Å². The van der Waals surface area contributed by atoms with Crippen LogP contribution in [0.4, 0.5) is 5.82 Å². The van der Waals surface area contributed by atoms with Crippen molar-refractivity contribution >= 4 is 11.5 Å². The van der Waals surface area contributed by atoms with Crippen LogP contribution in [-0.2, 0) is 5.41 Å². The van der Waals surface area contributed by atoms with Crippen molar-refractivity contribution in [3.8, 4) is 5.75 Å². The lowest BCUT2D eigenvalue weighted by Crippen LogP contribution is -2.37. The molecule has 0 aliphatic carbocycles. The van der Waals surface area contributed by atoms with Gasteiger partial charge in [-0.25, -0.2) is 0 Å². The van der Waals surface area contributed by atoms with Crippen LogP contribution < -0.4 is 10.1 Å². The molecule has 1 aromatic carbocycles. The average Bonchev–Trinajstić information content (AvgIpc) is 3.19. The van der Waals surface area contributed by atoms with Crippen LogP contribution in [0.1, 0.15) is 57.5 Å². The van der Waals surface area contributed by atoms with Gasteiger partial charge in [-0.3, -0.25) is 4.90 Å². The number of ether oxygens (including phenoxy) is 1. The van der Waals surface area contributed by atoms with E-state index in [2.05, 4.69) is 53.3 Å². The van der Waals surface area contributed by atoms with E-state index in [9.17, 15) is 0 Å². The van der Waals surface area contributed by atoms with E-state index >= 15 is 0 Å². The Morgan fingerprint density at radius 3 is 2.40 bits per heavy atom. The Labute approximate surface area is 178 Å². The molecule has 1 N–H and O–H groups in total. The van der Waals surface area contributed by atoms with Crippen molar-refractivity contribution in [3.63, 3.8) is 0 Å².